The van der Waals surface area contributed by atoms with E-state index in [1.807, 2.05) is 48.5 Å². The topological polar surface area (TPSA) is 45.2 Å². The Hall–Kier alpha value is -3.14. The molecule has 0 aliphatic carbocycles. The van der Waals surface area contributed by atoms with Gasteiger partial charge in [-0.15, -0.1) is 0 Å². The first-order valence-electron chi connectivity index (χ1n) is 9.87. The van der Waals surface area contributed by atoms with Gasteiger partial charge in [-0.2, -0.15) is 0 Å². The summed E-state index contributed by atoms with van der Waals surface area (Å²) in [6.45, 7) is 4.53. The zero-order valence-electron chi connectivity index (χ0n) is 16.1. The van der Waals surface area contributed by atoms with Crippen molar-refractivity contribution in [1.29, 1.82) is 0 Å². The van der Waals surface area contributed by atoms with Crippen LogP contribution in [0.5, 0.6) is 0 Å². The number of nitrogens with zero attached hydrogens (tertiary/aromatic N) is 2. The molecule has 4 nitrogen and oxygen atoms in total. The molecule has 142 valence electrons. The highest BCUT2D eigenvalue weighted by Gasteiger charge is 2.15. The smallest absolute Gasteiger partial charge is 0.248 e. The molecule has 1 N–H and O–H groups in total. The summed E-state index contributed by atoms with van der Waals surface area (Å²) in [6, 6.07) is 18.0. The quantitative estimate of drug-likeness (QED) is 0.647. The zero-order chi connectivity index (χ0) is 19.3. The first-order valence-corrected chi connectivity index (χ1v) is 9.87. The number of aromatic nitrogens is 1. The Bertz CT molecular complexity index is 981. The molecular formula is C24H25N3O. The number of piperidine rings is 1. The van der Waals surface area contributed by atoms with Crippen LogP contribution >= 0.6 is 0 Å². The minimum absolute atomic E-state index is 0.146. The summed E-state index contributed by atoms with van der Waals surface area (Å²) in [7, 11) is 0. The number of hydrogen-bond donors (Lipinski definition) is 1. The number of pyridine rings is 1. The second-order valence-electron chi connectivity index (χ2n) is 7.46. The number of fused-ring (bicyclic) bond motifs is 1. The van der Waals surface area contributed by atoms with Crippen molar-refractivity contribution in [2.24, 2.45) is 5.92 Å². The molecule has 1 amide bonds. The molecule has 1 fully saturated rings. The Labute approximate surface area is 165 Å². The van der Waals surface area contributed by atoms with Crippen molar-refractivity contribution in [3.05, 3.63) is 72.4 Å². The van der Waals surface area contributed by atoms with Gasteiger partial charge < -0.3 is 10.2 Å². The van der Waals surface area contributed by atoms with Crippen LogP contribution in [-0.2, 0) is 4.79 Å². The average Bonchev–Trinajstić information content (AvgIpc) is 2.73. The van der Waals surface area contributed by atoms with E-state index in [0.717, 1.165) is 41.2 Å². The predicted octanol–water partition coefficient (Wildman–Crippen LogP) is 5.12. The molecule has 28 heavy (non-hydrogen) atoms. The maximum Gasteiger partial charge on any atom is 0.248 e. The van der Waals surface area contributed by atoms with Crippen LogP contribution in [0.1, 0.15) is 25.3 Å². The van der Waals surface area contributed by atoms with Gasteiger partial charge in [0.1, 0.15) is 0 Å². The minimum Gasteiger partial charge on any atom is -0.372 e. The van der Waals surface area contributed by atoms with E-state index in [2.05, 4.69) is 34.3 Å². The molecule has 4 rings (SSSR count). The lowest BCUT2D eigenvalue weighted by molar-refractivity contribution is -0.111. The molecule has 1 aliphatic heterocycles. The van der Waals surface area contributed by atoms with E-state index in [4.69, 9.17) is 0 Å². The lowest BCUT2D eigenvalue weighted by Gasteiger charge is -2.32. The Kier molecular flexibility index (Phi) is 5.38. The third-order valence-electron chi connectivity index (χ3n) is 5.36. The molecule has 0 radical (unpaired) electrons. The molecule has 3 aromatic rings. The van der Waals surface area contributed by atoms with Crippen LogP contribution < -0.4 is 10.2 Å². The number of carbonyl (C=O) groups is 1. The number of anilines is 2. The van der Waals surface area contributed by atoms with Gasteiger partial charge in [-0.25, -0.2) is 0 Å². The summed E-state index contributed by atoms with van der Waals surface area (Å²) < 4.78 is 0. The standard InChI is InChI=1S/C24H25N3O/c1-18-13-16-27(17-14-18)22-10-8-21(9-11-22)26-23(28)12-7-20-5-2-4-19-6-3-15-25-24(19)20/h2-12,15,18H,13-14,16-17H2,1H3,(H,26,28)/b12-7+. The molecular weight excluding hydrogens is 346 g/mol. The summed E-state index contributed by atoms with van der Waals surface area (Å²) in [5.41, 5.74) is 3.86. The molecule has 2 heterocycles. The van der Waals surface area contributed by atoms with Gasteiger partial charge in [0.25, 0.3) is 0 Å². The van der Waals surface area contributed by atoms with Crippen LogP contribution in [0, 0.1) is 5.92 Å². The molecule has 0 bridgehead atoms. The number of benzene rings is 2. The van der Waals surface area contributed by atoms with Crippen LogP contribution in [0.15, 0.2) is 66.9 Å². The third kappa shape index (κ3) is 4.22. The zero-order valence-corrected chi connectivity index (χ0v) is 16.1. The number of para-hydroxylation sites is 1. The summed E-state index contributed by atoms with van der Waals surface area (Å²) in [6.07, 6.45) is 7.63. The Morgan fingerprint density at radius 2 is 1.82 bits per heavy atom. The van der Waals surface area contributed by atoms with E-state index in [1.165, 1.54) is 18.5 Å². The van der Waals surface area contributed by atoms with E-state index >= 15 is 0 Å². The normalized spacial score (nSPS) is 15.2. The third-order valence-corrected chi connectivity index (χ3v) is 5.36. The van der Waals surface area contributed by atoms with Crippen molar-refractivity contribution < 1.29 is 4.79 Å². The average molecular weight is 371 g/mol. The lowest BCUT2D eigenvalue weighted by Crippen LogP contribution is -2.32. The summed E-state index contributed by atoms with van der Waals surface area (Å²) in [4.78, 5) is 19.1. The van der Waals surface area contributed by atoms with Crippen molar-refractivity contribution in [1.82, 2.24) is 4.98 Å². The summed E-state index contributed by atoms with van der Waals surface area (Å²) >= 11 is 0. The molecule has 1 saturated heterocycles. The monoisotopic (exact) mass is 371 g/mol. The largest absolute Gasteiger partial charge is 0.372 e. The molecule has 0 spiro atoms. The Morgan fingerprint density at radius 3 is 2.61 bits per heavy atom. The second-order valence-corrected chi connectivity index (χ2v) is 7.46. The molecule has 0 unspecified atom stereocenters. The Balaban J connectivity index is 1.40. The van der Waals surface area contributed by atoms with Crippen LogP contribution in [0.25, 0.3) is 17.0 Å². The molecule has 0 saturated carbocycles. The van der Waals surface area contributed by atoms with Crippen molar-refractivity contribution in [3.8, 4) is 0 Å². The number of amides is 1. The number of nitrogens with one attached hydrogen (secondary N) is 1. The summed E-state index contributed by atoms with van der Waals surface area (Å²) in [5.74, 6) is 0.672. The molecule has 0 atom stereocenters. The number of carbonyl (C=O) groups excluding carboxylic acids is 1. The van der Waals surface area contributed by atoms with E-state index < -0.39 is 0 Å². The van der Waals surface area contributed by atoms with Crippen molar-refractivity contribution in [2.75, 3.05) is 23.3 Å². The van der Waals surface area contributed by atoms with Crippen molar-refractivity contribution in [2.45, 2.75) is 19.8 Å². The highest BCUT2D eigenvalue weighted by atomic mass is 16.1. The SMILES string of the molecule is CC1CCN(c2ccc(NC(=O)/C=C/c3cccc4cccnc34)cc2)CC1. The van der Waals surface area contributed by atoms with Gasteiger partial charge in [-0.3, -0.25) is 9.78 Å². The van der Waals surface area contributed by atoms with Crippen LogP contribution in [0.2, 0.25) is 0 Å². The number of hydrogen-bond acceptors (Lipinski definition) is 3. The lowest BCUT2D eigenvalue weighted by atomic mass is 9.99. The fraction of sp³-hybridized carbons (Fsp3) is 0.250. The van der Waals surface area contributed by atoms with Gasteiger partial charge in [0, 0.05) is 47.7 Å². The second kappa shape index (κ2) is 8.26. The van der Waals surface area contributed by atoms with E-state index in [0.29, 0.717) is 0 Å². The van der Waals surface area contributed by atoms with Gasteiger partial charge in [0.2, 0.25) is 5.91 Å². The number of rotatable bonds is 4. The minimum atomic E-state index is -0.146. The highest BCUT2D eigenvalue weighted by Crippen LogP contribution is 2.24. The van der Waals surface area contributed by atoms with Gasteiger partial charge in [-0.1, -0.05) is 31.2 Å². The molecule has 1 aliphatic rings. The molecule has 2 aromatic carbocycles. The van der Waals surface area contributed by atoms with E-state index in [-0.39, 0.29) is 5.91 Å². The Morgan fingerprint density at radius 1 is 1.07 bits per heavy atom. The van der Waals surface area contributed by atoms with Gasteiger partial charge in [0.05, 0.1) is 5.52 Å². The van der Waals surface area contributed by atoms with Crippen molar-refractivity contribution in [3.63, 3.8) is 0 Å². The first kappa shape index (κ1) is 18.2. The van der Waals surface area contributed by atoms with Crippen LogP contribution in [-0.4, -0.2) is 24.0 Å². The van der Waals surface area contributed by atoms with Gasteiger partial charge in [0.15, 0.2) is 0 Å². The first-order chi connectivity index (χ1) is 13.7. The van der Waals surface area contributed by atoms with E-state index in [9.17, 15) is 4.79 Å². The van der Waals surface area contributed by atoms with Crippen LogP contribution in [0.3, 0.4) is 0 Å². The fourth-order valence-electron chi connectivity index (χ4n) is 3.63. The highest BCUT2D eigenvalue weighted by molar-refractivity contribution is 6.03. The van der Waals surface area contributed by atoms with E-state index in [1.54, 1.807) is 12.3 Å². The van der Waals surface area contributed by atoms with Crippen molar-refractivity contribution >= 4 is 34.3 Å². The molecule has 4 heteroatoms. The maximum atomic E-state index is 12.3. The van der Waals surface area contributed by atoms with Crippen LogP contribution in [0.4, 0.5) is 11.4 Å². The van der Waals surface area contributed by atoms with Gasteiger partial charge >= 0.3 is 0 Å². The molecule has 1 aromatic heterocycles. The predicted molar refractivity (Wildman–Crippen MR) is 116 cm³/mol. The maximum absolute atomic E-state index is 12.3. The van der Waals surface area contributed by atoms with Gasteiger partial charge in [-0.05, 0) is 55.2 Å². The fourth-order valence-corrected chi connectivity index (χ4v) is 3.63. The summed E-state index contributed by atoms with van der Waals surface area (Å²) in [5, 5.41) is 4.00.